The Morgan fingerprint density at radius 1 is 1.45 bits per heavy atom. The highest BCUT2D eigenvalue weighted by molar-refractivity contribution is 7.74. The average Bonchev–Trinajstić information content (AvgIpc) is 2.89. The number of epoxide rings is 1. The Bertz CT molecular complexity index is 415. The molecule has 114 valence electrons. The van der Waals surface area contributed by atoms with Gasteiger partial charge >= 0.3 is 18.0 Å². The Balaban J connectivity index is 0.000000333. The van der Waals surface area contributed by atoms with E-state index in [0.29, 0.717) is 19.5 Å². The van der Waals surface area contributed by atoms with E-state index < -0.39 is 0 Å². The molecule has 20 heavy (non-hydrogen) atoms. The minimum atomic E-state index is -0.254. The van der Waals surface area contributed by atoms with Crippen molar-refractivity contribution < 1.29 is 27.7 Å². The number of hydrogen-bond acceptors (Lipinski definition) is 6. The summed E-state index contributed by atoms with van der Waals surface area (Å²) in [7, 11) is 4.73. The molecule has 0 N–H and O–H groups in total. The molecule has 3 atom stereocenters. The number of urea groups is 1. The van der Waals surface area contributed by atoms with Gasteiger partial charge in [-0.3, -0.25) is 9.69 Å². The molecule has 2 amide bonds. The molecule has 2 fully saturated rings. The van der Waals surface area contributed by atoms with E-state index in [0.717, 1.165) is 0 Å². The Hall–Kier alpha value is -1.28. The number of rotatable bonds is 1. The molecule has 3 unspecified atom stereocenters. The van der Waals surface area contributed by atoms with Gasteiger partial charge in [-0.1, -0.05) is 0 Å². The van der Waals surface area contributed by atoms with Crippen molar-refractivity contribution in [1.82, 2.24) is 4.90 Å². The summed E-state index contributed by atoms with van der Waals surface area (Å²) in [5.74, 6) is -0.544. The van der Waals surface area contributed by atoms with E-state index >= 15 is 0 Å². The second kappa shape index (κ2) is 6.45. The van der Waals surface area contributed by atoms with Crippen molar-refractivity contribution in [1.29, 1.82) is 0 Å². The van der Waals surface area contributed by atoms with Crippen molar-refractivity contribution in [3.8, 4) is 0 Å². The lowest BCUT2D eigenvalue weighted by molar-refractivity contribution is -0.696. The van der Waals surface area contributed by atoms with Crippen LogP contribution >= 0.6 is 12.8 Å². The number of methoxy groups -OCH3 is 1. The van der Waals surface area contributed by atoms with Gasteiger partial charge in [-0.25, -0.2) is 9.59 Å². The quantitative estimate of drug-likeness (QED) is 0.329. The first-order chi connectivity index (χ1) is 9.21. The second-order valence-electron chi connectivity index (χ2n) is 5.09. The zero-order chi connectivity index (χ0) is 15.5. The highest BCUT2D eigenvalue weighted by atomic mass is 32.1. The summed E-state index contributed by atoms with van der Waals surface area (Å²) in [4.78, 5) is 34.3. The van der Waals surface area contributed by atoms with Gasteiger partial charge in [-0.15, -0.1) is 0 Å². The highest BCUT2D eigenvalue weighted by Crippen LogP contribution is 2.29. The number of thiol groups is 1. The van der Waals surface area contributed by atoms with Crippen LogP contribution in [-0.4, -0.2) is 67.2 Å². The molecule has 0 aromatic heterocycles. The number of amides is 2. The lowest BCUT2D eigenvalue weighted by Crippen LogP contribution is -2.48. The van der Waals surface area contributed by atoms with Crippen LogP contribution in [0.5, 0.6) is 0 Å². The first-order valence-electron chi connectivity index (χ1n) is 6.31. The molecule has 0 aromatic carbocycles. The van der Waals surface area contributed by atoms with E-state index in [1.165, 1.54) is 12.0 Å². The summed E-state index contributed by atoms with van der Waals surface area (Å²) in [6.45, 7) is 2.70. The summed E-state index contributed by atoms with van der Waals surface area (Å²) < 4.78 is 8.93. The van der Waals surface area contributed by atoms with Gasteiger partial charge in [0.15, 0.2) is 6.10 Å². The van der Waals surface area contributed by atoms with E-state index in [2.05, 4.69) is 22.3 Å². The number of nitrogens with zero attached hydrogens (tertiary/aromatic N) is 2. The molecule has 0 spiro atoms. The monoisotopic (exact) mass is 305 g/mol. The van der Waals surface area contributed by atoms with Crippen LogP contribution in [0.25, 0.3) is 0 Å². The van der Waals surface area contributed by atoms with Gasteiger partial charge < -0.3 is 9.47 Å². The van der Waals surface area contributed by atoms with Crippen LogP contribution < -0.4 is 0 Å². The Kier molecular flexibility index (Phi) is 5.41. The van der Waals surface area contributed by atoms with E-state index in [-0.39, 0.29) is 33.9 Å². The van der Waals surface area contributed by atoms with Gasteiger partial charge in [-0.05, 0) is 6.92 Å². The molecule has 8 heteroatoms. The molecule has 2 aliphatic heterocycles. The standard InChI is InChI=1S/C9H17N2O3S.C3H4O2/c1-10(2)9(13)11(15)5-4-7(6-11)8(12)14-3;1-2-3(4)5-2/h7,15H,4-6H2,1-3H3;2H,1H3/q+1;. The average molecular weight is 305 g/mol. The van der Waals surface area contributed by atoms with Crippen molar-refractivity contribution in [2.45, 2.75) is 19.4 Å². The molecule has 0 radical (unpaired) electrons. The maximum atomic E-state index is 11.8. The van der Waals surface area contributed by atoms with Crippen LogP contribution in [0.2, 0.25) is 0 Å². The van der Waals surface area contributed by atoms with E-state index in [1.807, 2.05) is 0 Å². The molecule has 2 saturated heterocycles. The molecule has 2 heterocycles. The summed E-state index contributed by atoms with van der Waals surface area (Å²) in [6.07, 6.45) is 0.561. The Labute approximate surface area is 123 Å². The highest BCUT2D eigenvalue weighted by Gasteiger charge is 2.46. The number of carbonyl (C=O) groups is 3. The van der Waals surface area contributed by atoms with Crippen molar-refractivity contribution in [3.05, 3.63) is 0 Å². The second-order valence-corrected chi connectivity index (χ2v) is 5.86. The summed E-state index contributed by atoms with van der Waals surface area (Å²) in [6, 6.07) is -0.0928. The van der Waals surface area contributed by atoms with Crippen molar-refractivity contribution >= 4 is 30.8 Å². The minimum Gasteiger partial charge on any atom is -0.469 e. The smallest absolute Gasteiger partial charge is 0.430 e. The third-order valence-electron chi connectivity index (χ3n) is 3.21. The van der Waals surface area contributed by atoms with Gasteiger partial charge in [0, 0.05) is 20.5 Å². The minimum absolute atomic E-state index is 0.00718. The number of hydrogen-bond donors (Lipinski definition) is 1. The fourth-order valence-corrected chi connectivity index (χ4v) is 2.45. The fraction of sp³-hybridized carbons (Fsp3) is 0.750. The van der Waals surface area contributed by atoms with Gasteiger partial charge in [0.1, 0.15) is 12.5 Å². The topological polar surface area (TPSA) is 76.2 Å². The molecule has 0 aromatic rings. The van der Waals surface area contributed by atoms with Crippen LogP contribution in [0.1, 0.15) is 13.3 Å². The molecular weight excluding hydrogens is 284 g/mol. The molecule has 0 aliphatic carbocycles. The van der Waals surface area contributed by atoms with E-state index in [1.54, 1.807) is 21.0 Å². The van der Waals surface area contributed by atoms with Gasteiger partial charge in [-0.2, -0.15) is 3.89 Å². The zero-order valence-electron chi connectivity index (χ0n) is 12.2. The SMILES string of the molecule is CC1OC1=O.COC(=O)C1CC[N+](S)(C(=O)N(C)C)C1. The van der Waals surface area contributed by atoms with Gasteiger partial charge in [0.25, 0.3) is 0 Å². The van der Waals surface area contributed by atoms with Crippen molar-refractivity contribution in [2.75, 3.05) is 34.3 Å². The summed E-state index contributed by atoms with van der Waals surface area (Å²) >= 11 is 4.35. The number of ether oxygens (including phenoxy) is 2. The largest absolute Gasteiger partial charge is 0.469 e. The predicted octanol–water partition coefficient (Wildman–Crippen LogP) is 0.454. The first kappa shape index (κ1) is 16.8. The van der Waals surface area contributed by atoms with Crippen LogP contribution in [0.15, 0.2) is 0 Å². The normalized spacial score (nSPS) is 30.8. The Morgan fingerprint density at radius 3 is 2.30 bits per heavy atom. The molecular formula is C12H21N2O5S+. The Morgan fingerprint density at radius 2 is 1.95 bits per heavy atom. The van der Waals surface area contributed by atoms with E-state index in [9.17, 15) is 14.4 Å². The third-order valence-corrected chi connectivity index (χ3v) is 3.75. The lowest BCUT2D eigenvalue weighted by atomic mass is 10.1. The number of quaternary nitrogens is 1. The molecule has 7 nitrogen and oxygen atoms in total. The number of likely N-dealkylation sites (tertiary alicyclic amines) is 1. The third kappa shape index (κ3) is 4.11. The maximum absolute atomic E-state index is 11.8. The van der Waals surface area contributed by atoms with Gasteiger partial charge in [0.2, 0.25) is 0 Å². The maximum Gasteiger partial charge on any atom is 0.430 e. The first-order valence-corrected chi connectivity index (χ1v) is 6.71. The summed E-state index contributed by atoms with van der Waals surface area (Å²) in [5, 5.41) is 0. The number of esters is 1. The number of cyclic esters (lactones) is 1. The molecule has 0 bridgehead atoms. The van der Waals surface area contributed by atoms with Crippen molar-refractivity contribution in [2.24, 2.45) is 5.92 Å². The van der Waals surface area contributed by atoms with Crippen LogP contribution in [0.3, 0.4) is 0 Å². The van der Waals surface area contributed by atoms with Gasteiger partial charge in [0.05, 0.1) is 26.5 Å². The van der Waals surface area contributed by atoms with Crippen LogP contribution in [0.4, 0.5) is 4.79 Å². The van der Waals surface area contributed by atoms with E-state index in [4.69, 9.17) is 0 Å². The lowest BCUT2D eigenvalue weighted by Gasteiger charge is -2.26. The van der Waals surface area contributed by atoms with Crippen LogP contribution in [-0.2, 0) is 19.1 Å². The van der Waals surface area contributed by atoms with Crippen LogP contribution in [0, 0.1) is 5.92 Å². The van der Waals surface area contributed by atoms with Crippen molar-refractivity contribution in [3.63, 3.8) is 0 Å². The molecule has 2 rings (SSSR count). The fourth-order valence-electron chi connectivity index (χ4n) is 1.96. The molecule has 0 saturated carbocycles. The summed E-state index contributed by atoms with van der Waals surface area (Å²) in [5.41, 5.74) is 0. The zero-order valence-corrected chi connectivity index (χ0v) is 13.1. The number of carbonyl (C=O) groups excluding carboxylic acids is 3. The predicted molar refractivity (Wildman–Crippen MR) is 73.7 cm³/mol. The molecule has 2 aliphatic rings.